The van der Waals surface area contributed by atoms with Crippen LogP contribution in [0.1, 0.15) is 5.82 Å². The van der Waals surface area contributed by atoms with Crippen LogP contribution in [0.2, 0.25) is 5.02 Å². The minimum absolute atomic E-state index is 0.164. The number of amides is 1. The maximum Gasteiger partial charge on any atom is 0.244 e. The van der Waals surface area contributed by atoms with Gasteiger partial charge in [-0.1, -0.05) is 23.7 Å². The Kier molecular flexibility index (Phi) is 3.96. The number of anilines is 1. The third-order valence-corrected chi connectivity index (χ3v) is 2.78. The standard InChI is InChI=1S/C12H13ClN4O/c13-9-3-1-2-4-10(9)16-12(18)8-17-6-5-15-11(17)7-14/h1-6H,7-8,14H2,(H,16,18). The van der Waals surface area contributed by atoms with Crippen molar-refractivity contribution >= 4 is 23.2 Å². The second-order valence-electron chi connectivity index (χ2n) is 3.70. The molecule has 0 unspecified atom stereocenters. The summed E-state index contributed by atoms with van der Waals surface area (Å²) in [7, 11) is 0. The summed E-state index contributed by atoms with van der Waals surface area (Å²) >= 11 is 5.95. The first-order valence-electron chi connectivity index (χ1n) is 5.45. The van der Waals surface area contributed by atoms with Crippen molar-refractivity contribution in [2.45, 2.75) is 13.1 Å². The summed E-state index contributed by atoms with van der Waals surface area (Å²) in [5, 5.41) is 3.25. The van der Waals surface area contributed by atoms with E-state index in [1.807, 2.05) is 6.07 Å². The van der Waals surface area contributed by atoms with Crippen LogP contribution in [0.25, 0.3) is 0 Å². The van der Waals surface area contributed by atoms with Crippen molar-refractivity contribution < 1.29 is 4.79 Å². The van der Waals surface area contributed by atoms with E-state index < -0.39 is 0 Å². The molecule has 0 aliphatic rings. The molecule has 1 heterocycles. The predicted octanol–water partition coefficient (Wildman–Crippen LogP) is 1.63. The molecule has 0 bridgehead atoms. The van der Waals surface area contributed by atoms with Gasteiger partial charge >= 0.3 is 0 Å². The average Bonchev–Trinajstić information content (AvgIpc) is 2.79. The number of nitrogens with zero attached hydrogens (tertiary/aromatic N) is 2. The molecule has 2 rings (SSSR count). The molecule has 0 radical (unpaired) electrons. The van der Waals surface area contributed by atoms with Gasteiger partial charge in [0.05, 0.1) is 17.3 Å². The molecular weight excluding hydrogens is 252 g/mol. The van der Waals surface area contributed by atoms with Crippen LogP contribution in [-0.2, 0) is 17.9 Å². The van der Waals surface area contributed by atoms with Gasteiger partial charge in [-0.2, -0.15) is 0 Å². The molecular formula is C12H13ClN4O. The molecule has 2 aromatic rings. The van der Waals surface area contributed by atoms with E-state index in [-0.39, 0.29) is 12.5 Å². The first-order valence-corrected chi connectivity index (χ1v) is 5.83. The van der Waals surface area contributed by atoms with E-state index in [4.69, 9.17) is 17.3 Å². The number of nitrogens with one attached hydrogen (secondary N) is 1. The van der Waals surface area contributed by atoms with Crippen LogP contribution in [0.3, 0.4) is 0 Å². The highest BCUT2D eigenvalue weighted by Crippen LogP contribution is 2.20. The summed E-state index contributed by atoms with van der Waals surface area (Å²) < 4.78 is 1.70. The van der Waals surface area contributed by atoms with Crippen LogP contribution < -0.4 is 11.1 Å². The Morgan fingerprint density at radius 3 is 2.94 bits per heavy atom. The topological polar surface area (TPSA) is 72.9 Å². The monoisotopic (exact) mass is 264 g/mol. The van der Waals surface area contributed by atoms with Crippen molar-refractivity contribution in [2.24, 2.45) is 5.73 Å². The van der Waals surface area contributed by atoms with E-state index in [9.17, 15) is 4.79 Å². The molecule has 0 atom stereocenters. The van der Waals surface area contributed by atoms with Gasteiger partial charge in [0.2, 0.25) is 5.91 Å². The minimum Gasteiger partial charge on any atom is -0.324 e. The Labute approximate surface area is 110 Å². The van der Waals surface area contributed by atoms with Crippen LogP contribution >= 0.6 is 11.6 Å². The lowest BCUT2D eigenvalue weighted by Gasteiger charge is -2.09. The smallest absolute Gasteiger partial charge is 0.244 e. The van der Waals surface area contributed by atoms with E-state index in [1.54, 1.807) is 35.2 Å². The molecule has 94 valence electrons. The third kappa shape index (κ3) is 2.88. The van der Waals surface area contributed by atoms with Crippen molar-refractivity contribution in [1.82, 2.24) is 9.55 Å². The molecule has 5 nitrogen and oxygen atoms in total. The summed E-state index contributed by atoms with van der Waals surface area (Å²) in [4.78, 5) is 15.9. The maximum absolute atomic E-state index is 11.8. The molecule has 0 aliphatic heterocycles. The molecule has 18 heavy (non-hydrogen) atoms. The molecule has 1 amide bonds. The number of nitrogens with two attached hydrogens (primary N) is 1. The highest BCUT2D eigenvalue weighted by atomic mass is 35.5. The van der Waals surface area contributed by atoms with E-state index in [2.05, 4.69) is 10.3 Å². The molecule has 1 aromatic heterocycles. The van der Waals surface area contributed by atoms with Gasteiger partial charge in [-0.15, -0.1) is 0 Å². The lowest BCUT2D eigenvalue weighted by atomic mass is 10.3. The van der Waals surface area contributed by atoms with Crippen LogP contribution in [0, 0.1) is 0 Å². The average molecular weight is 265 g/mol. The summed E-state index contributed by atoms with van der Waals surface area (Å²) in [6.07, 6.45) is 3.33. The number of imidazole rings is 1. The Morgan fingerprint density at radius 1 is 1.44 bits per heavy atom. The minimum atomic E-state index is -0.171. The van der Waals surface area contributed by atoms with Crippen molar-refractivity contribution in [3.63, 3.8) is 0 Å². The number of benzene rings is 1. The van der Waals surface area contributed by atoms with Crippen LogP contribution in [0.15, 0.2) is 36.7 Å². The van der Waals surface area contributed by atoms with Gasteiger partial charge in [-0.25, -0.2) is 4.98 Å². The van der Waals surface area contributed by atoms with Gasteiger partial charge in [0.1, 0.15) is 12.4 Å². The van der Waals surface area contributed by atoms with Crippen LogP contribution in [0.5, 0.6) is 0 Å². The zero-order chi connectivity index (χ0) is 13.0. The molecule has 3 N–H and O–H groups in total. The molecule has 0 saturated heterocycles. The quantitative estimate of drug-likeness (QED) is 0.882. The Balaban J connectivity index is 2.04. The fourth-order valence-corrected chi connectivity index (χ4v) is 1.76. The number of para-hydroxylation sites is 1. The summed E-state index contributed by atoms with van der Waals surface area (Å²) in [5.41, 5.74) is 6.11. The summed E-state index contributed by atoms with van der Waals surface area (Å²) in [6, 6.07) is 7.09. The molecule has 0 spiro atoms. The summed E-state index contributed by atoms with van der Waals surface area (Å²) in [5.74, 6) is 0.500. The number of carbonyl (C=O) groups is 1. The molecule has 6 heteroatoms. The van der Waals surface area contributed by atoms with Crippen molar-refractivity contribution in [3.8, 4) is 0 Å². The van der Waals surface area contributed by atoms with Gasteiger partial charge in [-0.05, 0) is 12.1 Å². The normalized spacial score (nSPS) is 10.3. The predicted molar refractivity (Wildman–Crippen MR) is 70.2 cm³/mol. The Hall–Kier alpha value is -1.85. The van der Waals surface area contributed by atoms with E-state index in [1.165, 1.54) is 0 Å². The largest absolute Gasteiger partial charge is 0.324 e. The Bertz CT molecular complexity index is 553. The van der Waals surface area contributed by atoms with E-state index in [0.29, 0.717) is 23.1 Å². The molecule has 0 fully saturated rings. The number of hydrogen-bond acceptors (Lipinski definition) is 3. The fraction of sp³-hybridized carbons (Fsp3) is 0.167. The van der Waals surface area contributed by atoms with Gasteiger partial charge in [-0.3, -0.25) is 4.79 Å². The van der Waals surface area contributed by atoms with Crippen LogP contribution in [-0.4, -0.2) is 15.5 Å². The highest BCUT2D eigenvalue weighted by molar-refractivity contribution is 6.33. The van der Waals surface area contributed by atoms with Gasteiger partial charge in [0.25, 0.3) is 0 Å². The highest BCUT2D eigenvalue weighted by Gasteiger charge is 2.08. The second kappa shape index (κ2) is 5.66. The number of halogens is 1. The zero-order valence-electron chi connectivity index (χ0n) is 9.64. The lowest BCUT2D eigenvalue weighted by Crippen LogP contribution is -2.20. The van der Waals surface area contributed by atoms with Gasteiger partial charge < -0.3 is 15.6 Å². The van der Waals surface area contributed by atoms with Gasteiger partial charge in [0.15, 0.2) is 0 Å². The van der Waals surface area contributed by atoms with E-state index in [0.717, 1.165) is 0 Å². The third-order valence-electron chi connectivity index (χ3n) is 2.45. The van der Waals surface area contributed by atoms with Crippen molar-refractivity contribution in [3.05, 3.63) is 47.5 Å². The first kappa shape index (κ1) is 12.6. The molecule has 0 saturated carbocycles. The van der Waals surface area contributed by atoms with Gasteiger partial charge in [0, 0.05) is 12.4 Å². The number of rotatable bonds is 4. The summed E-state index contributed by atoms with van der Waals surface area (Å²) in [6.45, 7) is 0.462. The maximum atomic E-state index is 11.8. The molecule has 1 aromatic carbocycles. The first-order chi connectivity index (χ1) is 8.70. The van der Waals surface area contributed by atoms with E-state index >= 15 is 0 Å². The molecule has 0 aliphatic carbocycles. The number of aromatic nitrogens is 2. The SMILES string of the molecule is NCc1nccn1CC(=O)Nc1ccccc1Cl. The van der Waals surface area contributed by atoms with Crippen LogP contribution in [0.4, 0.5) is 5.69 Å². The lowest BCUT2D eigenvalue weighted by molar-refractivity contribution is -0.116. The Morgan fingerprint density at radius 2 is 2.22 bits per heavy atom. The second-order valence-corrected chi connectivity index (χ2v) is 4.11. The van der Waals surface area contributed by atoms with Crippen molar-refractivity contribution in [2.75, 3.05) is 5.32 Å². The zero-order valence-corrected chi connectivity index (χ0v) is 10.4. The number of hydrogen-bond donors (Lipinski definition) is 2. The van der Waals surface area contributed by atoms with Crippen molar-refractivity contribution in [1.29, 1.82) is 0 Å². The fourth-order valence-electron chi connectivity index (χ4n) is 1.58. The number of carbonyl (C=O) groups excluding carboxylic acids is 1.